The average Bonchev–Trinajstić information content (AvgIpc) is 2.90. The SMILES string of the molecule is CO/N=C(\C(=O)NCC1NC=CCS1=O)c1csc(N)n1. The summed E-state index contributed by atoms with van der Waals surface area (Å²) in [6.45, 7) is 0.206. The molecule has 0 fully saturated rings. The normalized spacial score (nSPS) is 21.7. The number of nitrogen functional groups attached to an aromatic ring is 1. The molecular weight excluding hydrogens is 314 g/mol. The smallest absolute Gasteiger partial charge is 0.275 e. The number of thiazole rings is 1. The molecule has 2 rings (SSSR count). The number of aromatic nitrogens is 1. The molecule has 0 saturated carbocycles. The van der Waals surface area contributed by atoms with E-state index < -0.39 is 16.7 Å². The van der Waals surface area contributed by atoms with E-state index in [1.807, 2.05) is 0 Å². The van der Waals surface area contributed by atoms with Gasteiger partial charge in [0.25, 0.3) is 5.91 Å². The predicted molar refractivity (Wildman–Crippen MR) is 82.2 cm³/mol. The van der Waals surface area contributed by atoms with Crippen LogP contribution in [0.1, 0.15) is 5.69 Å². The van der Waals surface area contributed by atoms with Crippen molar-refractivity contribution in [1.29, 1.82) is 0 Å². The summed E-state index contributed by atoms with van der Waals surface area (Å²) < 4.78 is 11.7. The number of carbonyl (C=O) groups excluding carboxylic acids is 1. The lowest BCUT2D eigenvalue weighted by Crippen LogP contribution is -2.45. The van der Waals surface area contributed by atoms with Gasteiger partial charge in [-0.15, -0.1) is 11.3 Å². The fourth-order valence-corrected chi connectivity index (χ4v) is 3.19. The molecule has 1 amide bonds. The highest BCUT2D eigenvalue weighted by molar-refractivity contribution is 7.85. The van der Waals surface area contributed by atoms with Gasteiger partial charge < -0.3 is 21.2 Å². The van der Waals surface area contributed by atoms with E-state index in [0.29, 0.717) is 16.6 Å². The van der Waals surface area contributed by atoms with Crippen LogP contribution >= 0.6 is 11.3 Å². The second-order valence-corrected chi connectivity index (χ2v) is 6.56. The Morgan fingerprint density at radius 2 is 2.57 bits per heavy atom. The number of anilines is 1. The maximum atomic E-state index is 12.1. The summed E-state index contributed by atoms with van der Waals surface area (Å²) in [5.74, 6) is 0.00494. The van der Waals surface area contributed by atoms with Gasteiger partial charge in [-0.05, 0) is 6.20 Å². The van der Waals surface area contributed by atoms with E-state index in [1.165, 1.54) is 18.4 Å². The Kier molecular flexibility index (Phi) is 5.28. The molecular formula is C11H15N5O3S2. The summed E-state index contributed by atoms with van der Waals surface area (Å²) in [4.78, 5) is 20.8. The fraction of sp³-hybridized carbons (Fsp3) is 0.364. The van der Waals surface area contributed by atoms with Crippen molar-refractivity contribution in [3.8, 4) is 0 Å². The fourth-order valence-electron chi connectivity index (χ4n) is 1.62. The van der Waals surface area contributed by atoms with Gasteiger partial charge in [0.05, 0.1) is 6.54 Å². The molecule has 10 heteroatoms. The van der Waals surface area contributed by atoms with Gasteiger partial charge in [0.2, 0.25) is 0 Å². The van der Waals surface area contributed by atoms with Gasteiger partial charge in [-0.1, -0.05) is 11.2 Å². The maximum Gasteiger partial charge on any atom is 0.275 e. The molecule has 0 spiro atoms. The third kappa shape index (κ3) is 4.02. The third-order valence-corrected chi connectivity index (χ3v) is 4.72. The minimum absolute atomic E-state index is 0.0302. The van der Waals surface area contributed by atoms with Crippen LogP contribution in [-0.2, 0) is 20.4 Å². The molecule has 4 N–H and O–H groups in total. The molecule has 1 aromatic heterocycles. The molecule has 0 aliphatic carbocycles. The third-order valence-electron chi connectivity index (χ3n) is 2.59. The molecule has 1 aliphatic heterocycles. The zero-order valence-electron chi connectivity index (χ0n) is 11.2. The lowest BCUT2D eigenvalue weighted by molar-refractivity contribution is -0.114. The van der Waals surface area contributed by atoms with Gasteiger partial charge in [-0.25, -0.2) is 4.98 Å². The predicted octanol–water partition coefficient (Wildman–Crippen LogP) is -0.616. The van der Waals surface area contributed by atoms with E-state index in [4.69, 9.17) is 5.73 Å². The summed E-state index contributed by atoms with van der Waals surface area (Å²) in [6, 6.07) is 0. The highest BCUT2D eigenvalue weighted by Gasteiger charge is 2.22. The zero-order chi connectivity index (χ0) is 15.2. The van der Waals surface area contributed by atoms with Crippen molar-refractivity contribution in [2.24, 2.45) is 5.16 Å². The van der Waals surface area contributed by atoms with Gasteiger partial charge in [-0.3, -0.25) is 9.00 Å². The highest BCUT2D eigenvalue weighted by atomic mass is 32.2. The largest absolute Gasteiger partial charge is 0.398 e. The van der Waals surface area contributed by atoms with Crippen LogP contribution < -0.4 is 16.4 Å². The molecule has 1 aliphatic rings. The molecule has 114 valence electrons. The monoisotopic (exact) mass is 329 g/mol. The van der Waals surface area contributed by atoms with Crippen molar-refractivity contribution in [1.82, 2.24) is 15.6 Å². The number of rotatable bonds is 5. The lowest BCUT2D eigenvalue weighted by atomic mass is 10.3. The van der Waals surface area contributed by atoms with Crippen molar-refractivity contribution in [3.63, 3.8) is 0 Å². The first-order valence-electron chi connectivity index (χ1n) is 6.00. The Hall–Kier alpha value is -1.94. The summed E-state index contributed by atoms with van der Waals surface area (Å²) in [5, 5.41) is 10.9. The minimum atomic E-state index is -1.07. The van der Waals surface area contributed by atoms with E-state index >= 15 is 0 Å². The molecule has 0 radical (unpaired) electrons. The number of hydrogen-bond donors (Lipinski definition) is 3. The number of amides is 1. The van der Waals surface area contributed by atoms with Gasteiger partial charge in [0, 0.05) is 21.9 Å². The molecule has 0 aromatic carbocycles. The Bertz CT molecular complexity index is 598. The first kappa shape index (κ1) is 15.4. The Balaban J connectivity index is 2.01. The minimum Gasteiger partial charge on any atom is -0.398 e. The quantitative estimate of drug-likeness (QED) is 0.489. The van der Waals surface area contributed by atoms with E-state index in [-0.39, 0.29) is 17.6 Å². The molecule has 8 nitrogen and oxygen atoms in total. The number of nitrogens with two attached hydrogens (primary N) is 1. The van der Waals surface area contributed by atoms with Crippen molar-refractivity contribution in [3.05, 3.63) is 23.3 Å². The van der Waals surface area contributed by atoms with Gasteiger partial charge in [0.15, 0.2) is 10.8 Å². The van der Waals surface area contributed by atoms with Crippen LogP contribution in [-0.4, -0.2) is 45.6 Å². The Labute approximate surface area is 127 Å². The highest BCUT2D eigenvalue weighted by Crippen LogP contribution is 2.12. The standard InChI is InChI=1S/C11H15N5O3S2/c1-19-16-9(7-6-20-11(12)15-7)10(17)14-5-8-13-3-2-4-21(8)18/h2-3,6,8,13H,4-5H2,1H3,(H2,12,15)(H,14,17)/b16-9-. The summed E-state index contributed by atoms with van der Waals surface area (Å²) in [7, 11) is 0.270. The average molecular weight is 329 g/mol. The topological polar surface area (TPSA) is 119 Å². The van der Waals surface area contributed by atoms with Gasteiger partial charge in [0.1, 0.15) is 18.2 Å². The van der Waals surface area contributed by atoms with Crippen molar-refractivity contribution in [2.75, 3.05) is 25.1 Å². The molecule has 0 saturated heterocycles. The number of nitrogens with one attached hydrogen (secondary N) is 2. The van der Waals surface area contributed by atoms with Gasteiger partial charge in [-0.2, -0.15) is 0 Å². The number of nitrogens with zero attached hydrogens (tertiary/aromatic N) is 2. The van der Waals surface area contributed by atoms with Crippen LogP contribution in [0, 0.1) is 0 Å². The zero-order valence-corrected chi connectivity index (χ0v) is 12.9. The summed E-state index contributed by atoms with van der Waals surface area (Å²) in [6.07, 6.45) is 3.51. The summed E-state index contributed by atoms with van der Waals surface area (Å²) >= 11 is 1.20. The van der Waals surface area contributed by atoms with Gasteiger partial charge >= 0.3 is 0 Å². The number of oxime groups is 1. The second-order valence-electron chi connectivity index (χ2n) is 4.01. The first-order valence-corrected chi connectivity index (χ1v) is 8.27. The Morgan fingerprint density at radius 1 is 1.76 bits per heavy atom. The van der Waals surface area contributed by atoms with Crippen LogP contribution in [0.2, 0.25) is 0 Å². The van der Waals surface area contributed by atoms with Crippen LogP contribution in [0.15, 0.2) is 22.8 Å². The van der Waals surface area contributed by atoms with Crippen molar-refractivity contribution in [2.45, 2.75) is 5.37 Å². The molecule has 0 bridgehead atoms. The maximum absolute atomic E-state index is 12.1. The van der Waals surface area contributed by atoms with Crippen LogP contribution in [0.25, 0.3) is 0 Å². The number of carbonyl (C=O) groups is 1. The van der Waals surface area contributed by atoms with Crippen molar-refractivity contribution >= 4 is 38.9 Å². The molecule has 2 unspecified atom stereocenters. The molecule has 1 aromatic rings. The van der Waals surface area contributed by atoms with Crippen molar-refractivity contribution < 1.29 is 13.8 Å². The molecule has 2 heterocycles. The van der Waals surface area contributed by atoms with E-state index in [9.17, 15) is 9.00 Å². The van der Waals surface area contributed by atoms with E-state index in [1.54, 1.807) is 17.7 Å². The molecule has 2 atom stereocenters. The van der Waals surface area contributed by atoms with E-state index in [0.717, 1.165) is 0 Å². The van der Waals surface area contributed by atoms with Crippen LogP contribution in [0.3, 0.4) is 0 Å². The summed E-state index contributed by atoms with van der Waals surface area (Å²) in [5.41, 5.74) is 5.92. The van der Waals surface area contributed by atoms with E-state index in [2.05, 4.69) is 25.6 Å². The Morgan fingerprint density at radius 3 is 3.19 bits per heavy atom. The first-order chi connectivity index (χ1) is 10.1. The molecule has 21 heavy (non-hydrogen) atoms. The van der Waals surface area contributed by atoms with Crippen LogP contribution in [0.5, 0.6) is 0 Å². The second kappa shape index (κ2) is 7.18. The van der Waals surface area contributed by atoms with Crippen LogP contribution in [0.4, 0.5) is 5.13 Å². The lowest BCUT2D eigenvalue weighted by Gasteiger charge is -2.20. The number of hydrogen-bond acceptors (Lipinski definition) is 8.